The molecule has 4 heteroatoms. The summed E-state index contributed by atoms with van der Waals surface area (Å²) >= 11 is 0. The molecule has 4 nitrogen and oxygen atoms in total. The third-order valence-corrected chi connectivity index (χ3v) is 2.89. The van der Waals surface area contributed by atoms with E-state index in [1.54, 1.807) is 45.2 Å². The average molecular weight is 231 g/mol. The Morgan fingerprint density at radius 1 is 1.41 bits per heavy atom. The van der Waals surface area contributed by atoms with Crippen molar-refractivity contribution >= 4 is 11.6 Å². The molecule has 0 aliphatic heterocycles. The average Bonchev–Trinajstić information content (AvgIpc) is 2.35. The molecule has 0 aromatic heterocycles. The molecule has 0 saturated carbocycles. The molecule has 1 rings (SSSR count). The molecule has 0 bridgehead atoms. The fraction of sp³-hybridized carbons (Fsp3) is 0.385. The molecule has 0 radical (unpaired) electrons. The Balaban J connectivity index is 3.01. The summed E-state index contributed by atoms with van der Waals surface area (Å²) in [5.74, 6) is -0.352. The number of nitrogens with zero attached hydrogens (tertiary/aromatic N) is 2. The van der Waals surface area contributed by atoms with Gasteiger partial charge in [-0.25, -0.2) is 0 Å². The Morgan fingerprint density at radius 2 is 2.00 bits per heavy atom. The van der Waals surface area contributed by atoms with Crippen LogP contribution in [-0.4, -0.2) is 19.0 Å². The number of rotatable bonds is 3. The summed E-state index contributed by atoms with van der Waals surface area (Å²) in [5.41, 5.74) is 6.82. The highest BCUT2D eigenvalue weighted by Gasteiger charge is 2.22. The fourth-order valence-electron chi connectivity index (χ4n) is 1.51. The van der Waals surface area contributed by atoms with Gasteiger partial charge < -0.3 is 10.6 Å². The van der Waals surface area contributed by atoms with Gasteiger partial charge in [-0.1, -0.05) is 19.1 Å². The number of para-hydroxylation sites is 1. The van der Waals surface area contributed by atoms with Crippen molar-refractivity contribution in [3.63, 3.8) is 0 Å². The molecule has 1 aromatic rings. The highest BCUT2D eigenvalue weighted by molar-refractivity contribution is 5.95. The first kappa shape index (κ1) is 13.2. The van der Waals surface area contributed by atoms with Crippen LogP contribution in [0.15, 0.2) is 24.3 Å². The quantitative estimate of drug-likeness (QED) is 0.857. The van der Waals surface area contributed by atoms with Gasteiger partial charge in [0, 0.05) is 13.1 Å². The number of carbonyl (C=O) groups excluding carboxylic acids is 1. The minimum absolute atomic E-state index is 0.0808. The van der Waals surface area contributed by atoms with Crippen molar-refractivity contribution in [1.29, 1.82) is 5.26 Å². The van der Waals surface area contributed by atoms with Crippen molar-refractivity contribution < 1.29 is 4.79 Å². The normalized spacial score (nSPS) is 13.6. The molecule has 2 atom stereocenters. The number of hydrogen-bond acceptors (Lipinski definition) is 3. The van der Waals surface area contributed by atoms with Crippen LogP contribution in [0.4, 0.5) is 5.69 Å². The van der Waals surface area contributed by atoms with E-state index in [1.165, 1.54) is 4.90 Å². The van der Waals surface area contributed by atoms with Crippen molar-refractivity contribution in [3.8, 4) is 6.07 Å². The second kappa shape index (κ2) is 5.46. The smallest absolute Gasteiger partial charge is 0.231 e. The van der Waals surface area contributed by atoms with Gasteiger partial charge in [0.25, 0.3) is 0 Å². The molecule has 1 amide bonds. The molecule has 0 aliphatic carbocycles. The Bertz CT molecular complexity index is 448. The van der Waals surface area contributed by atoms with Gasteiger partial charge in [0.2, 0.25) is 5.91 Å². The van der Waals surface area contributed by atoms with E-state index in [1.807, 2.05) is 0 Å². The van der Waals surface area contributed by atoms with Gasteiger partial charge in [-0.15, -0.1) is 0 Å². The third kappa shape index (κ3) is 2.83. The number of hydrogen-bond donors (Lipinski definition) is 1. The first-order valence-corrected chi connectivity index (χ1v) is 5.51. The van der Waals surface area contributed by atoms with Crippen LogP contribution in [0.1, 0.15) is 19.4 Å². The van der Waals surface area contributed by atoms with E-state index in [4.69, 9.17) is 11.0 Å². The van der Waals surface area contributed by atoms with Gasteiger partial charge >= 0.3 is 0 Å². The first-order chi connectivity index (χ1) is 7.99. The van der Waals surface area contributed by atoms with E-state index in [0.717, 1.165) is 0 Å². The molecule has 0 saturated heterocycles. The number of amides is 1. The zero-order valence-electron chi connectivity index (χ0n) is 10.3. The van der Waals surface area contributed by atoms with E-state index in [9.17, 15) is 4.79 Å². The van der Waals surface area contributed by atoms with Crippen molar-refractivity contribution in [2.75, 3.05) is 11.9 Å². The van der Waals surface area contributed by atoms with E-state index in [-0.39, 0.29) is 17.9 Å². The first-order valence-electron chi connectivity index (χ1n) is 5.51. The van der Waals surface area contributed by atoms with Crippen molar-refractivity contribution in [1.82, 2.24) is 0 Å². The van der Waals surface area contributed by atoms with Gasteiger partial charge in [0.15, 0.2) is 0 Å². The van der Waals surface area contributed by atoms with Crippen molar-refractivity contribution in [2.24, 2.45) is 11.7 Å². The maximum absolute atomic E-state index is 12.1. The van der Waals surface area contributed by atoms with Gasteiger partial charge in [-0.05, 0) is 19.1 Å². The summed E-state index contributed by atoms with van der Waals surface area (Å²) < 4.78 is 0. The Hall–Kier alpha value is -1.86. The Kier molecular flexibility index (Phi) is 4.24. The van der Waals surface area contributed by atoms with Crippen LogP contribution in [-0.2, 0) is 4.79 Å². The van der Waals surface area contributed by atoms with Gasteiger partial charge in [-0.2, -0.15) is 5.26 Å². The van der Waals surface area contributed by atoms with Crippen molar-refractivity contribution in [3.05, 3.63) is 29.8 Å². The topological polar surface area (TPSA) is 70.1 Å². The van der Waals surface area contributed by atoms with Crippen LogP contribution < -0.4 is 10.6 Å². The SMILES string of the molecule is CC(N)C(C)C(=O)N(C)c1ccccc1C#N. The summed E-state index contributed by atoms with van der Waals surface area (Å²) in [5, 5.41) is 8.98. The molecule has 0 aliphatic rings. The van der Waals surface area contributed by atoms with Gasteiger partial charge in [0.05, 0.1) is 17.2 Å². The lowest BCUT2D eigenvalue weighted by Gasteiger charge is -2.24. The molecule has 2 N–H and O–H groups in total. The van der Waals surface area contributed by atoms with E-state index >= 15 is 0 Å². The standard InChI is InChI=1S/C13H17N3O/c1-9(10(2)15)13(17)16(3)12-7-5-4-6-11(12)8-14/h4-7,9-10H,15H2,1-3H3. The number of benzene rings is 1. The molecular formula is C13H17N3O. The Labute approximate surface area is 102 Å². The second-order valence-electron chi connectivity index (χ2n) is 4.17. The van der Waals surface area contributed by atoms with E-state index < -0.39 is 0 Å². The predicted octanol–water partition coefficient (Wildman–Crippen LogP) is 1.50. The maximum Gasteiger partial charge on any atom is 0.231 e. The van der Waals surface area contributed by atoms with Crippen LogP contribution in [0.3, 0.4) is 0 Å². The fourth-order valence-corrected chi connectivity index (χ4v) is 1.51. The third-order valence-electron chi connectivity index (χ3n) is 2.89. The molecule has 0 fully saturated rings. The molecule has 2 unspecified atom stereocenters. The number of carbonyl (C=O) groups is 1. The largest absolute Gasteiger partial charge is 0.327 e. The lowest BCUT2D eigenvalue weighted by atomic mass is 10.0. The summed E-state index contributed by atoms with van der Waals surface area (Å²) in [6.45, 7) is 3.59. The number of nitrogens with two attached hydrogens (primary N) is 1. The van der Waals surface area contributed by atoms with Crippen molar-refractivity contribution in [2.45, 2.75) is 19.9 Å². The molecule has 90 valence electrons. The summed E-state index contributed by atoms with van der Waals surface area (Å²) in [6, 6.07) is 8.88. The number of anilines is 1. The highest BCUT2D eigenvalue weighted by atomic mass is 16.2. The second-order valence-corrected chi connectivity index (χ2v) is 4.17. The van der Waals surface area contributed by atoms with Crippen LogP contribution in [0.2, 0.25) is 0 Å². The summed E-state index contributed by atoms with van der Waals surface area (Å²) in [6.07, 6.45) is 0. The number of nitriles is 1. The zero-order valence-corrected chi connectivity index (χ0v) is 10.3. The molecule has 17 heavy (non-hydrogen) atoms. The van der Waals surface area contributed by atoms with E-state index in [2.05, 4.69) is 6.07 Å². The lowest BCUT2D eigenvalue weighted by Crippen LogP contribution is -2.40. The van der Waals surface area contributed by atoms with Gasteiger partial charge in [0.1, 0.15) is 6.07 Å². The lowest BCUT2D eigenvalue weighted by molar-refractivity contribution is -0.122. The highest BCUT2D eigenvalue weighted by Crippen LogP contribution is 2.20. The molecule has 0 heterocycles. The minimum atomic E-state index is -0.272. The minimum Gasteiger partial charge on any atom is -0.327 e. The summed E-state index contributed by atoms with van der Waals surface area (Å²) in [7, 11) is 1.66. The molecule has 1 aromatic carbocycles. The van der Waals surface area contributed by atoms with E-state index in [0.29, 0.717) is 11.3 Å². The summed E-state index contributed by atoms with van der Waals surface area (Å²) in [4.78, 5) is 13.6. The molecular weight excluding hydrogens is 214 g/mol. The van der Waals surface area contributed by atoms with Gasteiger partial charge in [-0.3, -0.25) is 4.79 Å². The maximum atomic E-state index is 12.1. The predicted molar refractivity (Wildman–Crippen MR) is 67.4 cm³/mol. The van der Waals surface area contributed by atoms with Crippen LogP contribution in [0.25, 0.3) is 0 Å². The Morgan fingerprint density at radius 3 is 2.53 bits per heavy atom. The molecule has 0 spiro atoms. The van der Waals surface area contributed by atoms with Crippen LogP contribution in [0.5, 0.6) is 0 Å². The van der Waals surface area contributed by atoms with Crippen LogP contribution >= 0.6 is 0 Å². The van der Waals surface area contributed by atoms with Crippen LogP contribution in [0, 0.1) is 17.2 Å². The monoisotopic (exact) mass is 231 g/mol. The zero-order chi connectivity index (χ0) is 13.0.